The molecule has 0 heterocycles. The van der Waals surface area contributed by atoms with Crippen molar-refractivity contribution in [2.24, 2.45) is 5.41 Å². The third-order valence-corrected chi connectivity index (χ3v) is 3.50. The van der Waals surface area contributed by atoms with Gasteiger partial charge < -0.3 is 19.9 Å². The lowest BCUT2D eigenvalue weighted by molar-refractivity contribution is -0.116. The molecule has 1 rings (SSSR count). The second-order valence-corrected chi connectivity index (χ2v) is 5.07. The van der Waals surface area contributed by atoms with Crippen molar-refractivity contribution in [1.29, 1.82) is 0 Å². The van der Waals surface area contributed by atoms with Crippen LogP contribution in [-0.2, 0) is 9.47 Å². The number of aliphatic hydroxyl groups excluding tert-OH is 1. The normalized spacial score (nSPS) is 29.8. The molecular weight excluding hydrogens is 206 g/mol. The third kappa shape index (κ3) is 3.17. The van der Waals surface area contributed by atoms with Crippen molar-refractivity contribution in [2.75, 3.05) is 26.9 Å². The molecule has 2 N–H and O–H groups in total. The molecular formula is C12H25NO3. The Morgan fingerprint density at radius 1 is 1.50 bits per heavy atom. The summed E-state index contributed by atoms with van der Waals surface area (Å²) in [4.78, 5) is 0. The van der Waals surface area contributed by atoms with Crippen molar-refractivity contribution < 1.29 is 14.6 Å². The summed E-state index contributed by atoms with van der Waals surface area (Å²) in [7, 11) is 1.60. The molecule has 1 fully saturated rings. The Balaban J connectivity index is 2.25. The molecule has 0 saturated heterocycles. The molecule has 0 bridgehead atoms. The van der Waals surface area contributed by atoms with Gasteiger partial charge in [-0.2, -0.15) is 0 Å². The van der Waals surface area contributed by atoms with E-state index < -0.39 is 6.10 Å². The van der Waals surface area contributed by atoms with Crippen LogP contribution in [0.2, 0.25) is 0 Å². The summed E-state index contributed by atoms with van der Waals surface area (Å²) in [6.45, 7) is 8.18. The Bertz CT molecular complexity index is 208. The van der Waals surface area contributed by atoms with Crippen molar-refractivity contribution in [3.63, 3.8) is 0 Å². The number of aliphatic hydroxyl groups is 1. The van der Waals surface area contributed by atoms with E-state index in [0.717, 1.165) is 13.0 Å². The molecule has 0 aliphatic heterocycles. The van der Waals surface area contributed by atoms with Crippen molar-refractivity contribution in [3.8, 4) is 0 Å². The van der Waals surface area contributed by atoms with Crippen molar-refractivity contribution in [1.82, 2.24) is 5.32 Å². The Kier molecular flexibility index (Phi) is 5.18. The first kappa shape index (κ1) is 13.9. The summed E-state index contributed by atoms with van der Waals surface area (Å²) in [6.07, 6.45) is 0.946. The van der Waals surface area contributed by atoms with Crippen LogP contribution >= 0.6 is 0 Å². The lowest BCUT2D eigenvalue weighted by atomic mass is 9.64. The molecule has 4 heteroatoms. The molecule has 1 aliphatic carbocycles. The summed E-state index contributed by atoms with van der Waals surface area (Å²) in [5, 5.41) is 12.9. The maximum atomic E-state index is 9.54. The molecule has 0 radical (unpaired) electrons. The van der Waals surface area contributed by atoms with Crippen LogP contribution in [0, 0.1) is 5.41 Å². The maximum Gasteiger partial charge on any atom is 0.0897 e. The molecule has 0 aromatic carbocycles. The predicted octanol–water partition coefficient (Wildman–Crippen LogP) is 0.787. The van der Waals surface area contributed by atoms with E-state index in [9.17, 15) is 5.11 Å². The molecule has 3 unspecified atom stereocenters. The van der Waals surface area contributed by atoms with Gasteiger partial charge in [0.1, 0.15) is 0 Å². The van der Waals surface area contributed by atoms with Crippen molar-refractivity contribution >= 4 is 0 Å². The summed E-state index contributed by atoms with van der Waals surface area (Å²) in [5.41, 5.74) is 0.156. The molecule has 0 amide bonds. The Morgan fingerprint density at radius 3 is 2.69 bits per heavy atom. The highest BCUT2D eigenvalue weighted by Crippen LogP contribution is 2.42. The summed E-state index contributed by atoms with van der Waals surface area (Å²) in [5.74, 6) is 0. The fraction of sp³-hybridized carbons (Fsp3) is 1.00. The first-order valence-corrected chi connectivity index (χ1v) is 6.04. The van der Waals surface area contributed by atoms with Crippen LogP contribution in [0.5, 0.6) is 0 Å². The standard InChI is InChI=1S/C12H25NO3/c1-5-16-11-6-10(12(11,2)3)13-7-9(14)8-15-4/h9-11,13-14H,5-8H2,1-4H3. The lowest BCUT2D eigenvalue weighted by Crippen LogP contribution is -2.61. The number of hydrogen-bond donors (Lipinski definition) is 2. The zero-order valence-corrected chi connectivity index (χ0v) is 10.8. The van der Waals surface area contributed by atoms with Crippen LogP contribution in [0.25, 0.3) is 0 Å². The second kappa shape index (κ2) is 5.96. The minimum atomic E-state index is -0.424. The highest BCUT2D eigenvalue weighted by atomic mass is 16.5. The molecule has 0 aromatic rings. The number of ether oxygens (including phenoxy) is 2. The Hall–Kier alpha value is -0.160. The summed E-state index contributed by atoms with van der Waals surface area (Å²) >= 11 is 0. The van der Waals surface area contributed by atoms with Crippen LogP contribution in [0.15, 0.2) is 0 Å². The van der Waals surface area contributed by atoms with E-state index in [0.29, 0.717) is 25.3 Å². The molecule has 0 spiro atoms. The minimum absolute atomic E-state index is 0.156. The van der Waals surface area contributed by atoms with Gasteiger partial charge in [0.15, 0.2) is 0 Å². The van der Waals surface area contributed by atoms with E-state index in [2.05, 4.69) is 19.2 Å². The summed E-state index contributed by atoms with van der Waals surface area (Å²) < 4.78 is 10.5. The number of nitrogens with one attached hydrogen (secondary N) is 1. The molecule has 96 valence electrons. The molecule has 4 nitrogen and oxygen atoms in total. The minimum Gasteiger partial charge on any atom is -0.389 e. The molecule has 16 heavy (non-hydrogen) atoms. The van der Waals surface area contributed by atoms with E-state index in [1.165, 1.54) is 0 Å². The number of methoxy groups -OCH3 is 1. The van der Waals surface area contributed by atoms with E-state index in [-0.39, 0.29) is 5.41 Å². The Labute approximate surface area is 98.3 Å². The monoisotopic (exact) mass is 231 g/mol. The SMILES string of the molecule is CCOC1CC(NCC(O)COC)C1(C)C. The largest absolute Gasteiger partial charge is 0.389 e. The zero-order chi connectivity index (χ0) is 12.2. The van der Waals surface area contributed by atoms with Gasteiger partial charge in [-0.05, 0) is 13.3 Å². The summed E-state index contributed by atoms with van der Waals surface area (Å²) in [6, 6.07) is 0.426. The smallest absolute Gasteiger partial charge is 0.0897 e. The predicted molar refractivity (Wildman–Crippen MR) is 63.5 cm³/mol. The van der Waals surface area contributed by atoms with Gasteiger partial charge in [0, 0.05) is 31.7 Å². The van der Waals surface area contributed by atoms with Gasteiger partial charge in [0.25, 0.3) is 0 Å². The first-order valence-electron chi connectivity index (χ1n) is 6.04. The molecule has 0 aromatic heterocycles. The lowest BCUT2D eigenvalue weighted by Gasteiger charge is -2.52. The quantitative estimate of drug-likeness (QED) is 0.680. The van der Waals surface area contributed by atoms with Gasteiger partial charge in [-0.1, -0.05) is 13.8 Å². The molecule has 1 aliphatic rings. The zero-order valence-electron chi connectivity index (χ0n) is 10.8. The van der Waals surface area contributed by atoms with Crippen molar-refractivity contribution in [2.45, 2.75) is 45.4 Å². The van der Waals surface area contributed by atoms with E-state index >= 15 is 0 Å². The average Bonchev–Trinajstić information content (AvgIpc) is 2.22. The van der Waals surface area contributed by atoms with Gasteiger partial charge in [-0.15, -0.1) is 0 Å². The van der Waals surface area contributed by atoms with Crippen molar-refractivity contribution in [3.05, 3.63) is 0 Å². The van der Waals surface area contributed by atoms with Crippen LogP contribution in [-0.4, -0.2) is 50.2 Å². The van der Waals surface area contributed by atoms with E-state index in [1.54, 1.807) is 7.11 Å². The second-order valence-electron chi connectivity index (χ2n) is 5.07. The van der Waals surface area contributed by atoms with Crippen LogP contribution < -0.4 is 5.32 Å². The highest BCUT2D eigenvalue weighted by Gasteiger charge is 2.48. The fourth-order valence-corrected chi connectivity index (χ4v) is 2.25. The van der Waals surface area contributed by atoms with Gasteiger partial charge in [-0.25, -0.2) is 0 Å². The maximum absolute atomic E-state index is 9.54. The average molecular weight is 231 g/mol. The van der Waals surface area contributed by atoms with E-state index in [4.69, 9.17) is 9.47 Å². The van der Waals surface area contributed by atoms with E-state index in [1.807, 2.05) is 6.92 Å². The van der Waals surface area contributed by atoms with Crippen LogP contribution in [0.1, 0.15) is 27.2 Å². The molecule has 1 saturated carbocycles. The van der Waals surface area contributed by atoms with Crippen LogP contribution in [0.3, 0.4) is 0 Å². The van der Waals surface area contributed by atoms with Gasteiger partial charge in [-0.3, -0.25) is 0 Å². The number of rotatable bonds is 7. The fourth-order valence-electron chi connectivity index (χ4n) is 2.25. The third-order valence-electron chi connectivity index (χ3n) is 3.50. The first-order chi connectivity index (χ1) is 7.52. The highest BCUT2D eigenvalue weighted by molar-refractivity contribution is 5.02. The van der Waals surface area contributed by atoms with Gasteiger partial charge in [0.05, 0.1) is 18.8 Å². The topological polar surface area (TPSA) is 50.7 Å². The van der Waals surface area contributed by atoms with Gasteiger partial charge >= 0.3 is 0 Å². The van der Waals surface area contributed by atoms with Crippen LogP contribution in [0.4, 0.5) is 0 Å². The van der Waals surface area contributed by atoms with Gasteiger partial charge in [0.2, 0.25) is 0 Å². The Morgan fingerprint density at radius 2 is 2.19 bits per heavy atom. The number of hydrogen-bond acceptors (Lipinski definition) is 4. The molecule has 3 atom stereocenters.